The van der Waals surface area contributed by atoms with E-state index >= 15 is 0 Å². The van der Waals surface area contributed by atoms with Crippen LogP contribution in [-0.2, 0) is 9.63 Å². The number of rotatable bonds is 10. The molecule has 3 rings (SSSR count). The van der Waals surface area contributed by atoms with Gasteiger partial charge in [-0.2, -0.15) is 0 Å². The van der Waals surface area contributed by atoms with Gasteiger partial charge in [0.25, 0.3) is 0 Å². The largest absolute Gasteiger partial charge is 0.385 e. The Balaban J connectivity index is 2.10. The van der Waals surface area contributed by atoms with E-state index < -0.39 is 5.97 Å². The van der Waals surface area contributed by atoms with E-state index in [2.05, 4.69) is 10.5 Å². The molecule has 3 aromatic rings. The molecule has 0 unspecified atom stereocenters. The van der Waals surface area contributed by atoms with E-state index in [1.54, 1.807) is 12.1 Å². The Kier molecular flexibility index (Phi) is 8.90. The maximum atomic E-state index is 13.3. The van der Waals surface area contributed by atoms with E-state index in [4.69, 9.17) is 4.84 Å². The van der Waals surface area contributed by atoms with Crippen molar-refractivity contribution in [3.8, 4) is 11.1 Å². The summed E-state index contributed by atoms with van der Waals surface area (Å²) in [6, 6.07) is 18.7. The third kappa shape index (κ3) is 6.33. The fourth-order valence-corrected chi connectivity index (χ4v) is 4.05. The van der Waals surface area contributed by atoms with Gasteiger partial charge in [0.15, 0.2) is 5.78 Å². The predicted molar refractivity (Wildman–Crippen MR) is 144 cm³/mol. The lowest BCUT2D eigenvalue weighted by molar-refractivity contribution is -0.140. The molecule has 0 atom stereocenters. The summed E-state index contributed by atoms with van der Waals surface area (Å²) < 4.78 is 0. The van der Waals surface area contributed by atoms with Gasteiger partial charge < -0.3 is 10.2 Å². The number of benzene rings is 3. The molecule has 3 aromatic carbocycles. The minimum absolute atomic E-state index is 0.0472. The Morgan fingerprint density at radius 1 is 0.917 bits per heavy atom. The van der Waals surface area contributed by atoms with Gasteiger partial charge >= 0.3 is 5.97 Å². The Labute approximate surface area is 212 Å². The number of carbonyl (C=O) groups excluding carboxylic acids is 3. The van der Waals surface area contributed by atoms with Crippen molar-refractivity contribution >= 4 is 28.9 Å². The SMILES string of the molecule is CCC/C(=N\OC(C)=O)C(=O)c1ccc(NCC)c(-c2cc(C)cc(C(=O)c3ccccc3C)c2)c1. The first-order valence-electron chi connectivity index (χ1n) is 12.1. The highest BCUT2D eigenvalue weighted by molar-refractivity contribution is 6.46. The second kappa shape index (κ2) is 12.1. The molecule has 0 aromatic heterocycles. The summed E-state index contributed by atoms with van der Waals surface area (Å²) in [6.07, 6.45) is 1.06. The molecule has 0 saturated carbocycles. The molecule has 0 fully saturated rings. The zero-order valence-electron chi connectivity index (χ0n) is 21.5. The molecule has 0 spiro atoms. The van der Waals surface area contributed by atoms with Crippen molar-refractivity contribution in [2.24, 2.45) is 5.16 Å². The van der Waals surface area contributed by atoms with Gasteiger partial charge in [-0.15, -0.1) is 0 Å². The molecule has 0 radical (unpaired) electrons. The van der Waals surface area contributed by atoms with Crippen molar-refractivity contribution in [3.05, 3.63) is 88.5 Å². The first-order valence-corrected chi connectivity index (χ1v) is 12.1. The van der Waals surface area contributed by atoms with Crippen LogP contribution in [0.15, 0.2) is 65.8 Å². The van der Waals surface area contributed by atoms with E-state index in [1.807, 2.05) is 76.2 Å². The molecule has 0 aliphatic rings. The molecule has 0 aliphatic heterocycles. The van der Waals surface area contributed by atoms with Crippen LogP contribution in [0.2, 0.25) is 0 Å². The third-order valence-corrected chi connectivity index (χ3v) is 5.72. The second-order valence-corrected chi connectivity index (χ2v) is 8.72. The van der Waals surface area contributed by atoms with Gasteiger partial charge in [0.2, 0.25) is 5.78 Å². The monoisotopic (exact) mass is 484 g/mol. The highest BCUT2D eigenvalue weighted by atomic mass is 16.7. The van der Waals surface area contributed by atoms with E-state index in [9.17, 15) is 14.4 Å². The van der Waals surface area contributed by atoms with Crippen molar-refractivity contribution < 1.29 is 19.2 Å². The van der Waals surface area contributed by atoms with Crippen molar-refractivity contribution in [1.29, 1.82) is 0 Å². The molecule has 1 N–H and O–H groups in total. The summed E-state index contributed by atoms with van der Waals surface area (Å²) in [5.41, 5.74) is 6.20. The minimum atomic E-state index is -0.579. The Hall–Kier alpha value is -4.06. The molecular formula is C30H32N2O4. The number of aryl methyl sites for hydroxylation is 2. The molecule has 0 saturated heterocycles. The molecule has 6 nitrogen and oxygen atoms in total. The quantitative estimate of drug-likeness (QED) is 0.153. The number of hydrogen-bond donors (Lipinski definition) is 1. The summed E-state index contributed by atoms with van der Waals surface area (Å²) in [6.45, 7) is 9.73. The molecule has 0 amide bonds. The highest BCUT2D eigenvalue weighted by Crippen LogP contribution is 2.32. The van der Waals surface area contributed by atoms with Crippen LogP contribution in [-0.4, -0.2) is 29.8 Å². The number of Topliss-reactive ketones (excluding diaryl/α,β-unsaturated/α-hetero) is 1. The van der Waals surface area contributed by atoms with Gasteiger partial charge in [0.1, 0.15) is 5.71 Å². The maximum absolute atomic E-state index is 13.3. The standard InChI is InChI=1S/C30H32N2O4/c1-6-10-28(32-36-21(5)33)30(35)22-13-14-27(31-7-2)26(18-22)23-15-19(3)16-24(17-23)29(34)25-12-9-8-11-20(25)4/h8-9,11-18,31H,6-7,10H2,1-5H3/b32-28+. The molecule has 36 heavy (non-hydrogen) atoms. The summed E-state index contributed by atoms with van der Waals surface area (Å²) in [4.78, 5) is 42.6. The van der Waals surface area contributed by atoms with Crippen molar-refractivity contribution in [3.63, 3.8) is 0 Å². The molecular weight excluding hydrogens is 452 g/mol. The zero-order valence-corrected chi connectivity index (χ0v) is 21.5. The van der Waals surface area contributed by atoms with Crippen molar-refractivity contribution in [1.82, 2.24) is 0 Å². The summed E-state index contributed by atoms with van der Waals surface area (Å²) in [5, 5.41) is 7.15. The first kappa shape index (κ1) is 26.5. The average molecular weight is 485 g/mol. The average Bonchev–Trinajstić information content (AvgIpc) is 2.86. The molecule has 0 aliphatic carbocycles. The molecule has 6 heteroatoms. The molecule has 0 heterocycles. The number of nitrogens with zero attached hydrogens (tertiary/aromatic N) is 1. The molecule has 186 valence electrons. The van der Waals surface area contributed by atoms with Crippen molar-refractivity contribution in [2.75, 3.05) is 11.9 Å². The summed E-state index contributed by atoms with van der Waals surface area (Å²) >= 11 is 0. The number of oxime groups is 1. The lowest BCUT2D eigenvalue weighted by Gasteiger charge is -2.15. The van der Waals surface area contributed by atoms with E-state index in [-0.39, 0.29) is 17.3 Å². The topological polar surface area (TPSA) is 84.8 Å². The third-order valence-electron chi connectivity index (χ3n) is 5.72. The number of ketones is 2. The Morgan fingerprint density at radius 2 is 1.67 bits per heavy atom. The Bertz CT molecular complexity index is 1320. The number of nitrogens with one attached hydrogen (secondary N) is 1. The van der Waals surface area contributed by atoms with Gasteiger partial charge in [-0.25, -0.2) is 4.79 Å². The van der Waals surface area contributed by atoms with Crippen LogP contribution in [0.1, 0.15) is 71.0 Å². The number of hydrogen-bond acceptors (Lipinski definition) is 6. The van der Waals surface area contributed by atoms with E-state index in [0.717, 1.165) is 27.9 Å². The summed E-state index contributed by atoms with van der Waals surface area (Å²) in [5.74, 6) is -0.925. The van der Waals surface area contributed by atoms with Crippen LogP contribution in [0.4, 0.5) is 5.69 Å². The van der Waals surface area contributed by atoms with Crippen LogP contribution < -0.4 is 5.32 Å². The maximum Gasteiger partial charge on any atom is 0.331 e. The lowest BCUT2D eigenvalue weighted by atomic mass is 9.92. The van der Waals surface area contributed by atoms with Crippen LogP contribution >= 0.6 is 0 Å². The van der Waals surface area contributed by atoms with Gasteiger partial charge in [-0.05, 0) is 74.2 Å². The van der Waals surface area contributed by atoms with Crippen LogP contribution in [0.3, 0.4) is 0 Å². The van der Waals surface area contributed by atoms with Crippen molar-refractivity contribution in [2.45, 2.75) is 47.5 Å². The predicted octanol–water partition coefficient (Wildman–Crippen LogP) is 6.54. The van der Waals surface area contributed by atoms with E-state index in [0.29, 0.717) is 36.1 Å². The summed E-state index contributed by atoms with van der Waals surface area (Å²) in [7, 11) is 0. The fraction of sp³-hybridized carbons (Fsp3) is 0.267. The smallest absolute Gasteiger partial charge is 0.331 e. The highest BCUT2D eigenvalue weighted by Gasteiger charge is 2.19. The Morgan fingerprint density at radius 3 is 2.33 bits per heavy atom. The first-order chi connectivity index (χ1) is 17.2. The van der Waals surface area contributed by atoms with Gasteiger partial charge in [-0.1, -0.05) is 48.8 Å². The minimum Gasteiger partial charge on any atom is -0.385 e. The second-order valence-electron chi connectivity index (χ2n) is 8.72. The lowest BCUT2D eigenvalue weighted by Crippen LogP contribution is -2.16. The van der Waals surface area contributed by atoms with E-state index in [1.165, 1.54) is 6.92 Å². The van der Waals surface area contributed by atoms with Gasteiger partial charge in [0.05, 0.1) is 0 Å². The normalized spacial score (nSPS) is 11.2. The zero-order chi connectivity index (χ0) is 26.2. The van der Waals surface area contributed by atoms with Gasteiger partial charge in [0, 0.05) is 41.4 Å². The molecule has 0 bridgehead atoms. The van der Waals surface area contributed by atoms with Crippen LogP contribution in [0.25, 0.3) is 11.1 Å². The number of carbonyl (C=O) groups is 3. The fourth-order valence-electron chi connectivity index (χ4n) is 4.05. The van der Waals surface area contributed by atoms with Gasteiger partial charge in [-0.3, -0.25) is 9.59 Å². The van der Waals surface area contributed by atoms with Crippen LogP contribution in [0, 0.1) is 13.8 Å². The van der Waals surface area contributed by atoms with Crippen LogP contribution in [0.5, 0.6) is 0 Å². The number of anilines is 1.